The minimum Gasteiger partial charge on any atom is -0.493 e. The molecular formula is C12H12BrF3O2S. The molecule has 0 saturated heterocycles. The van der Waals surface area contributed by atoms with E-state index in [1.165, 1.54) is 18.2 Å². The highest BCUT2D eigenvalue weighted by atomic mass is 79.9. The molecule has 0 spiro atoms. The van der Waals surface area contributed by atoms with E-state index in [0.29, 0.717) is 5.33 Å². The maximum Gasteiger partial charge on any atom is 0.446 e. The van der Waals surface area contributed by atoms with Gasteiger partial charge in [0.25, 0.3) is 0 Å². The van der Waals surface area contributed by atoms with Crippen LogP contribution in [0.15, 0.2) is 23.1 Å². The highest BCUT2D eigenvalue weighted by molar-refractivity contribution is 9.09. The van der Waals surface area contributed by atoms with Gasteiger partial charge in [-0.25, -0.2) is 0 Å². The van der Waals surface area contributed by atoms with Gasteiger partial charge >= 0.3 is 5.51 Å². The van der Waals surface area contributed by atoms with Crippen molar-refractivity contribution in [1.29, 1.82) is 0 Å². The van der Waals surface area contributed by atoms with Crippen molar-refractivity contribution < 1.29 is 22.7 Å². The highest BCUT2D eigenvalue weighted by Crippen LogP contribution is 2.41. The number of thioether (sulfide) groups is 1. The summed E-state index contributed by atoms with van der Waals surface area (Å²) in [6, 6.07) is 4.23. The van der Waals surface area contributed by atoms with Crippen LogP contribution in [0.5, 0.6) is 5.75 Å². The van der Waals surface area contributed by atoms with Crippen molar-refractivity contribution >= 4 is 33.5 Å². The number of alkyl halides is 4. The van der Waals surface area contributed by atoms with Crippen molar-refractivity contribution in [2.45, 2.75) is 23.7 Å². The van der Waals surface area contributed by atoms with Crippen molar-refractivity contribution in [3.8, 4) is 5.75 Å². The van der Waals surface area contributed by atoms with Gasteiger partial charge in [-0.15, -0.1) is 0 Å². The maximum absolute atomic E-state index is 12.5. The van der Waals surface area contributed by atoms with Crippen molar-refractivity contribution in [3.05, 3.63) is 23.8 Å². The zero-order chi connectivity index (χ0) is 14.5. The molecule has 0 aliphatic carbocycles. The molecule has 0 bridgehead atoms. The first-order valence-corrected chi connectivity index (χ1v) is 7.43. The minimum absolute atomic E-state index is 0.00567. The monoisotopic (exact) mass is 356 g/mol. The Morgan fingerprint density at radius 3 is 2.63 bits per heavy atom. The van der Waals surface area contributed by atoms with Crippen LogP contribution < -0.4 is 4.74 Å². The molecule has 0 aliphatic rings. The molecule has 0 aromatic heterocycles. The van der Waals surface area contributed by atoms with Gasteiger partial charge in [0.2, 0.25) is 0 Å². The Hall–Kier alpha value is -0.690. The second kappa shape index (κ2) is 7.19. The minimum atomic E-state index is -4.44. The fourth-order valence-electron chi connectivity index (χ4n) is 1.48. The maximum atomic E-state index is 12.5. The molecule has 0 radical (unpaired) electrons. The molecule has 0 atom stereocenters. The Bertz CT molecular complexity index is 449. The number of Topliss-reactive ketones (excluding diaryl/α,β-unsaturated/α-hetero) is 1. The summed E-state index contributed by atoms with van der Waals surface area (Å²) >= 11 is 2.81. The summed E-state index contributed by atoms with van der Waals surface area (Å²) in [7, 11) is 0. The summed E-state index contributed by atoms with van der Waals surface area (Å²) in [5.41, 5.74) is -4.43. The first-order chi connectivity index (χ1) is 8.89. The predicted molar refractivity (Wildman–Crippen MR) is 72.3 cm³/mol. The van der Waals surface area contributed by atoms with Crippen LogP contribution in [-0.4, -0.2) is 23.2 Å². The SMILES string of the molecule is CCOc1cccc(SC(F)(F)F)c1C(=O)CCBr. The quantitative estimate of drug-likeness (QED) is 0.421. The molecule has 0 unspecified atom stereocenters. The van der Waals surface area contributed by atoms with Gasteiger partial charge in [-0.05, 0) is 30.8 Å². The number of halogens is 4. The van der Waals surface area contributed by atoms with Gasteiger partial charge in [-0.3, -0.25) is 4.79 Å². The van der Waals surface area contributed by atoms with Gasteiger partial charge in [0.1, 0.15) is 5.75 Å². The Labute approximate surface area is 121 Å². The van der Waals surface area contributed by atoms with E-state index in [1.807, 2.05) is 0 Å². The van der Waals surface area contributed by atoms with Gasteiger partial charge < -0.3 is 4.74 Å². The Balaban J connectivity index is 3.21. The van der Waals surface area contributed by atoms with Crippen molar-refractivity contribution in [3.63, 3.8) is 0 Å². The Morgan fingerprint density at radius 1 is 1.42 bits per heavy atom. The van der Waals surface area contributed by atoms with E-state index in [-0.39, 0.29) is 46.8 Å². The van der Waals surface area contributed by atoms with Crippen LogP contribution in [0, 0.1) is 0 Å². The van der Waals surface area contributed by atoms with E-state index in [9.17, 15) is 18.0 Å². The molecule has 7 heteroatoms. The summed E-state index contributed by atoms with van der Waals surface area (Å²) in [4.78, 5) is 11.8. The number of ether oxygens (including phenoxy) is 1. The molecule has 106 valence electrons. The lowest BCUT2D eigenvalue weighted by Crippen LogP contribution is -2.09. The summed E-state index contributed by atoms with van der Waals surface area (Å²) in [6.07, 6.45) is 0.121. The lowest BCUT2D eigenvalue weighted by Gasteiger charge is -2.14. The number of carbonyl (C=O) groups excluding carboxylic acids is 1. The van der Waals surface area contributed by atoms with Crippen molar-refractivity contribution in [2.24, 2.45) is 0 Å². The second-order valence-electron chi connectivity index (χ2n) is 3.47. The first-order valence-electron chi connectivity index (χ1n) is 5.49. The van der Waals surface area contributed by atoms with E-state index in [4.69, 9.17) is 4.74 Å². The van der Waals surface area contributed by atoms with Crippen LogP contribution in [0.4, 0.5) is 13.2 Å². The number of rotatable bonds is 6. The van der Waals surface area contributed by atoms with Crippen molar-refractivity contribution in [1.82, 2.24) is 0 Å². The zero-order valence-corrected chi connectivity index (χ0v) is 12.5. The highest BCUT2D eigenvalue weighted by Gasteiger charge is 2.32. The molecule has 1 aromatic carbocycles. The standard InChI is InChI=1S/C12H12BrF3O2S/c1-2-18-9-4-3-5-10(19-12(14,15)16)11(9)8(17)6-7-13/h3-5H,2,6-7H2,1H3. The first kappa shape index (κ1) is 16.4. The number of carbonyl (C=O) groups is 1. The third-order valence-electron chi connectivity index (χ3n) is 2.11. The summed E-state index contributed by atoms with van der Waals surface area (Å²) in [6.45, 7) is 2.00. The van der Waals surface area contributed by atoms with Crippen LogP contribution >= 0.6 is 27.7 Å². The average molecular weight is 357 g/mol. The van der Waals surface area contributed by atoms with E-state index in [2.05, 4.69) is 15.9 Å². The summed E-state index contributed by atoms with van der Waals surface area (Å²) in [5.74, 6) is -0.171. The van der Waals surface area contributed by atoms with Gasteiger partial charge in [0.15, 0.2) is 5.78 Å². The van der Waals surface area contributed by atoms with Gasteiger partial charge in [0.05, 0.1) is 12.2 Å². The number of hydrogen-bond acceptors (Lipinski definition) is 3. The zero-order valence-electron chi connectivity index (χ0n) is 10.1. The number of hydrogen-bond donors (Lipinski definition) is 0. The van der Waals surface area contributed by atoms with E-state index >= 15 is 0 Å². The molecule has 0 amide bonds. The van der Waals surface area contributed by atoms with Crippen LogP contribution in [0.3, 0.4) is 0 Å². The van der Waals surface area contributed by atoms with E-state index in [0.717, 1.165) is 0 Å². The smallest absolute Gasteiger partial charge is 0.446 e. The van der Waals surface area contributed by atoms with Crippen LogP contribution in [0.25, 0.3) is 0 Å². The molecule has 0 heterocycles. The molecule has 1 rings (SSSR count). The second-order valence-corrected chi connectivity index (χ2v) is 5.37. The van der Waals surface area contributed by atoms with Gasteiger partial charge in [0, 0.05) is 16.6 Å². The lowest BCUT2D eigenvalue weighted by molar-refractivity contribution is -0.0328. The van der Waals surface area contributed by atoms with Crippen LogP contribution in [-0.2, 0) is 0 Å². The third kappa shape index (κ3) is 5.06. The molecule has 0 fully saturated rings. The predicted octanol–water partition coefficient (Wildman–Crippen LogP) is 4.66. The molecule has 19 heavy (non-hydrogen) atoms. The molecule has 1 aromatic rings. The van der Waals surface area contributed by atoms with E-state index < -0.39 is 5.51 Å². The molecule has 0 saturated carbocycles. The molecule has 2 nitrogen and oxygen atoms in total. The van der Waals surface area contributed by atoms with E-state index in [1.54, 1.807) is 6.92 Å². The third-order valence-corrected chi connectivity index (χ3v) is 3.30. The fourth-order valence-corrected chi connectivity index (χ4v) is 2.55. The fraction of sp³-hybridized carbons (Fsp3) is 0.417. The Morgan fingerprint density at radius 2 is 2.11 bits per heavy atom. The molecule has 0 aliphatic heterocycles. The lowest BCUT2D eigenvalue weighted by atomic mass is 10.1. The number of ketones is 1. The summed E-state index contributed by atoms with van der Waals surface area (Å²) < 4.78 is 42.7. The normalized spacial score (nSPS) is 11.4. The number of benzene rings is 1. The molecule has 0 N–H and O–H groups in total. The van der Waals surface area contributed by atoms with Crippen LogP contribution in [0.1, 0.15) is 23.7 Å². The topological polar surface area (TPSA) is 26.3 Å². The van der Waals surface area contributed by atoms with Crippen molar-refractivity contribution in [2.75, 3.05) is 11.9 Å². The van der Waals surface area contributed by atoms with Crippen LogP contribution in [0.2, 0.25) is 0 Å². The van der Waals surface area contributed by atoms with Gasteiger partial charge in [-0.2, -0.15) is 13.2 Å². The molecular weight excluding hydrogens is 345 g/mol. The largest absolute Gasteiger partial charge is 0.493 e. The Kier molecular flexibility index (Phi) is 6.19. The van der Waals surface area contributed by atoms with Gasteiger partial charge in [-0.1, -0.05) is 22.0 Å². The average Bonchev–Trinajstić information content (AvgIpc) is 2.27. The summed E-state index contributed by atoms with van der Waals surface area (Å²) in [5, 5.41) is 0.391.